The fourth-order valence-corrected chi connectivity index (χ4v) is 2.85. The molecule has 3 heteroatoms. The van der Waals surface area contributed by atoms with Crippen molar-refractivity contribution in [2.45, 2.75) is 51.7 Å². The molecule has 0 saturated heterocycles. The zero-order chi connectivity index (χ0) is 13.1. The monoisotopic (exact) mass is 254 g/mol. The molecule has 0 aromatic rings. The summed E-state index contributed by atoms with van der Waals surface area (Å²) in [7, 11) is -1.67. The third kappa shape index (κ3) is 3.78. The van der Waals surface area contributed by atoms with Crippen molar-refractivity contribution in [1.82, 2.24) is 0 Å². The van der Waals surface area contributed by atoms with Crippen LogP contribution in [0.1, 0.15) is 33.6 Å². The number of carbonyl (C=O) groups excluding carboxylic acids is 1. The lowest BCUT2D eigenvalue weighted by molar-refractivity contribution is -0.113. The Bertz CT molecular complexity index is 289. The Hall–Kier alpha value is -0.413. The highest BCUT2D eigenvalue weighted by atomic mass is 28.4. The Balaban J connectivity index is 2.55. The van der Waals surface area contributed by atoms with E-state index in [4.69, 9.17) is 4.43 Å². The second-order valence-corrected chi connectivity index (χ2v) is 11.4. The van der Waals surface area contributed by atoms with Gasteiger partial charge >= 0.3 is 0 Å². The molecule has 0 radical (unpaired) electrons. The van der Waals surface area contributed by atoms with Gasteiger partial charge in [0.25, 0.3) is 0 Å². The predicted molar refractivity (Wildman–Crippen MR) is 74.6 cm³/mol. The zero-order valence-electron chi connectivity index (χ0n) is 11.8. The summed E-state index contributed by atoms with van der Waals surface area (Å²) >= 11 is 0. The average molecular weight is 254 g/mol. The molecular weight excluding hydrogens is 228 g/mol. The van der Waals surface area contributed by atoms with Gasteiger partial charge < -0.3 is 9.22 Å². The van der Waals surface area contributed by atoms with Gasteiger partial charge in [0.2, 0.25) is 0 Å². The maximum atomic E-state index is 11.0. The fraction of sp³-hybridized carbons (Fsp3) is 0.786. The minimum atomic E-state index is -1.67. The van der Waals surface area contributed by atoms with E-state index in [0.29, 0.717) is 5.92 Å². The van der Waals surface area contributed by atoms with Crippen molar-refractivity contribution < 1.29 is 9.22 Å². The molecular formula is C14H26O2Si. The standard InChI is InChI=1S/C14H26O2Si/c1-14(2,3)17(4,5)16-11-13-9-7-6-8-12(13)10-15/h6-7,10,12-13H,8-9,11H2,1-5H3/t12-,13-/m0/s1. The van der Waals surface area contributed by atoms with Crippen molar-refractivity contribution in [3.05, 3.63) is 12.2 Å². The summed E-state index contributed by atoms with van der Waals surface area (Å²) < 4.78 is 6.21. The van der Waals surface area contributed by atoms with Crippen molar-refractivity contribution in [3.8, 4) is 0 Å². The summed E-state index contributed by atoms with van der Waals surface area (Å²) in [4.78, 5) is 11.0. The van der Waals surface area contributed by atoms with Gasteiger partial charge in [0.05, 0.1) is 0 Å². The topological polar surface area (TPSA) is 26.3 Å². The number of hydrogen-bond acceptors (Lipinski definition) is 2. The van der Waals surface area contributed by atoms with Crippen LogP contribution in [0.25, 0.3) is 0 Å². The van der Waals surface area contributed by atoms with Crippen LogP contribution < -0.4 is 0 Å². The van der Waals surface area contributed by atoms with Crippen LogP contribution in [0, 0.1) is 11.8 Å². The number of aldehydes is 1. The number of carbonyl (C=O) groups is 1. The Labute approximate surface area is 107 Å². The molecule has 0 unspecified atom stereocenters. The molecule has 0 aromatic carbocycles. The first-order valence-corrected chi connectivity index (χ1v) is 9.43. The van der Waals surface area contributed by atoms with E-state index in [-0.39, 0.29) is 11.0 Å². The van der Waals surface area contributed by atoms with E-state index >= 15 is 0 Å². The van der Waals surface area contributed by atoms with E-state index in [1.54, 1.807) is 0 Å². The largest absolute Gasteiger partial charge is 0.417 e. The second kappa shape index (κ2) is 5.49. The lowest BCUT2D eigenvalue weighted by Crippen LogP contribution is -2.42. The smallest absolute Gasteiger partial charge is 0.191 e. The van der Waals surface area contributed by atoms with Crippen molar-refractivity contribution in [2.24, 2.45) is 11.8 Å². The number of hydrogen-bond donors (Lipinski definition) is 0. The van der Waals surface area contributed by atoms with E-state index < -0.39 is 8.32 Å². The number of allylic oxidation sites excluding steroid dienone is 2. The SMILES string of the molecule is CC(C)(C)[Si](C)(C)OC[C@@H]1CC=CC[C@H]1C=O. The molecule has 0 spiro atoms. The fourth-order valence-electron chi connectivity index (χ4n) is 1.78. The van der Waals surface area contributed by atoms with E-state index in [2.05, 4.69) is 46.0 Å². The third-order valence-corrected chi connectivity index (χ3v) is 8.76. The highest BCUT2D eigenvalue weighted by Crippen LogP contribution is 2.37. The van der Waals surface area contributed by atoms with E-state index in [1.807, 2.05) is 0 Å². The first kappa shape index (κ1) is 14.6. The Kier molecular flexibility index (Phi) is 4.73. The Morgan fingerprint density at radius 3 is 2.41 bits per heavy atom. The van der Waals surface area contributed by atoms with Crippen LogP contribution in [-0.4, -0.2) is 21.2 Å². The minimum Gasteiger partial charge on any atom is -0.417 e. The van der Waals surface area contributed by atoms with Crippen LogP contribution in [-0.2, 0) is 9.22 Å². The Morgan fingerprint density at radius 2 is 1.88 bits per heavy atom. The van der Waals surface area contributed by atoms with Gasteiger partial charge in [-0.1, -0.05) is 32.9 Å². The van der Waals surface area contributed by atoms with Gasteiger partial charge in [-0.05, 0) is 36.9 Å². The molecule has 0 heterocycles. The van der Waals surface area contributed by atoms with Crippen LogP contribution in [0.5, 0.6) is 0 Å². The zero-order valence-corrected chi connectivity index (χ0v) is 12.8. The molecule has 0 N–H and O–H groups in total. The first-order valence-electron chi connectivity index (χ1n) is 6.52. The van der Waals surface area contributed by atoms with Gasteiger partial charge in [0.1, 0.15) is 6.29 Å². The quantitative estimate of drug-likeness (QED) is 0.433. The van der Waals surface area contributed by atoms with E-state index in [9.17, 15) is 4.79 Å². The van der Waals surface area contributed by atoms with E-state index in [1.165, 1.54) is 0 Å². The highest BCUT2D eigenvalue weighted by molar-refractivity contribution is 6.74. The van der Waals surface area contributed by atoms with Gasteiger partial charge in [-0.25, -0.2) is 0 Å². The molecule has 98 valence electrons. The van der Waals surface area contributed by atoms with Crippen LogP contribution in [0.3, 0.4) is 0 Å². The van der Waals surface area contributed by atoms with Crippen molar-refractivity contribution in [1.29, 1.82) is 0 Å². The van der Waals surface area contributed by atoms with Crippen LogP contribution in [0.2, 0.25) is 18.1 Å². The molecule has 17 heavy (non-hydrogen) atoms. The molecule has 0 aliphatic heterocycles. The molecule has 0 fully saturated rings. The molecule has 1 aliphatic rings. The van der Waals surface area contributed by atoms with Gasteiger partial charge in [0.15, 0.2) is 8.32 Å². The molecule has 1 rings (SSSR count). The van der Waals surface area contributed by atoms with Crippen LogP contribution in [0.4, 0.5) is 0 Å². The molecule has 0 saturated carbocycles. The number of rotatable bonds is 4. The summed E-state index contributed by atoms with van der Waals surface area (Å²) in [5, 5.41) is 0.244. The van der Waals surface area contributed by atoms with Gasteiger partial charge in [-0.15, -0.1) is 0 Å². The minimum absolute atomic E-state index is 0.157. The summed E-state index contributed by atoms with van der Waals surface area (Å²) in [6.45, 7) is 12.0. The summed E-state index contributed by atoms with van der Waals surface area (Å²) in [5.41, 5.74) is 0. The van der Waals surface area contributed by atoms with Crippen molar-refractivity contribution in [2.75, 3.05) is 6.61 Å². The van der Waals surface area contributed by atoms with Crippen LogP contribution in [0.15, 0.2) is 12.2 Å². The maximum Gasteiger partial charge on any atom is 0.191 e. The summed E-state index contributed by atoms with van der Waals surface area (Å²) in [6, 6.07) is 0. The van der Waals surface area contributed by atoms with Crippen molar-refractivity contribution in [3.63, 3.8) is 0 Å². The van der Waals surface area contributed by atoms with Gasteiger partial charge in [0, 0.05) is 12.5 Å². The Morgan fingerprint density at radius 1 is 1.29 bits per heavy atom. The van der Waals surface area contributed by atoms with Gasteiger partial charge in [-0.3, -0.25) is 0 Å². The molecule has 1 aliphatic carbocycles. The normalized spacial score (nSPS) is 25.9. The van der Waals surface area contributed by atoms with Crippen LogP contribution >= 0.6 is 0 Å². The second-order valence-electron chi connectivity index (χ2n) is 6.57. The molecule has 0 amide bonds. The molecule has 0 bridgehead atoms. The molecule has 2 atom stereocenters. The lowest BCUT2D eigenvalue weighted by Gasteiger charge is -2.38. The first-order chi connectivity index (χ1) is 7.78. The molecule has 2 nitrogen and oxygen atoms in total. The van der Waals surface area contributed by atoms with E-state index in [0.717, 1.165) is 25.7 Å². The third-order valence-electron chi connectivity index (χ3n) is 4.26. The summed E-state index contributed by atoms with van der Waals surface area (Å²) in [6.07, 6.45) is 7.26. The molecule has 0 aromatic heterocycles. The maximum absolute atomic E-state index is 11.0. The van der Waals surface area contributed by atoms with Crippen molar-refractivity contribution >= 4 is 14.6 Å². The lowest BCUT2D eigenvalue weighted by atomic mass is 9.85. The highest BCUT2D eigenvalue weighted by Gasteiger charge is 2.38. The van der Waals surface area contributed by atoms with Gasteiger partial charge in [-0.2, -0.15) is 0 Å². The summed E-state index contributed by atoms with van der Waals surface area (Å²) in [5.74, 6) is 0.538. The predicted octanol–water partition coefficient (Wildman–Crippen LogP) is 3.79. The average Bonchev–Trinajstić information content (AvgIpc) is 2.25.